The number of morpholine rings is 1. The molecule has 0 aliphatic carbocycles. The van der Waals surface area contributed by atoms with Gasteiger partial charge in [-0.2, -0.15) is 10.1 Å². The number of benzene rings is 2. The fraction of sp³-hybridized carbons (Fsp3) is 0.387. The Bertz CT molecular complexity index is 1530. The number of methoxy groups -OCH3 is 1. The van der Waals surface area contributed by atoms with Crippen LogP contribution >= 0.6 is 0 Å². The van der Waals surface area contributed by atoms with Crippen LogP contribution in [0.2, 0.25) is 0 Å². The Balaban J connectivity index is 1.21. The van der Waals surface area contributed by atoms with E-state index in [1.807, 2.05) is 18.2 Å². The first-order valence-corrected chi connectivity index (χ1v) is 14.8. The minimum Gasteiger partial charge on any atom is -0.494 e. The Kier molecular flexibility index (Phi) is 8.84. The van der Waals surface area contributed by atoms with E-state index in [4.69, 9.17) is 25.0 Å². The van der Waals surface area contributed by atoms with Gasteiger partial charge in [0.1, 0.15) is 11.4 Å². The molecule has 6 rings (SSSR count). The van der Waals surface area contributed by atoms with Gasteiger partial charge in [0.25, 0.3) is 11.8 Å². The number of hydrazone groups is 1. The minimum absolute atomic E-state index is 0.0381. The number of para-hydroxylation sites is 1. The second-order valence-electron chi connectivity index (χ2n) is 10.8. The molecule has 2 aromatic carbocycles. The molecule has 4 heterocycles. The minimum atomic E-state index is -0.675. The van der Waals surface area contributed by atoms with Crippen LogP contribution in [0, 0.1) is 0 Å². The molecule has 0 radical (unpaired) electrons. The summed E-state index contributed by atoms with van der Waals surface area (Å²) < 4.78 is 16.8. The predicted molar refractivity (Wildman–Crippen MR) is 165 cm³/mol. The van der Waals surface area contributed by atoms with Gasteiger partial charge in [0.05, 0.1) is 44.4 Å². The zero-order valence-corrected chi connectivity index (χ0v) is 24.6. The molecule has 2 fully saturated rings. The van der Waals surface area contributed by atoms with Crippen LogP contribution in [0.3, 0.4) is 0 Å². The summed E-state index contributed by atoms with van der Waals surface area (Å²) in [6.45, 7) is 4.54. The lowest BCUT2D eigenvalue weighted by atomic mass is 10.1. The lowest BCUT2D eigenvalue weighted by Crippen LogP contribution is -2.40. The number of ether oxygens (including phenoxy) is 3. The lowest BCUT2D eigenvalue weighted by Gasteiger charge is -2.29. The highest BCUT2D eigenvalue weighted by molar-refractivity contribution is 6.05. The van der Waals surface area contributed by atoms with E-state index >= 15 is 0 Å². The van der Waals surface area contributed by atoms with Crippen molar-refractivity contribution in [2.45, 2.75) is 25.3 Å². The number of amides is 2. The third kappa shape index (κ3) is 6.43. The van der Waals surface area contributed by atoms with Gasteiger partial charge >= 0.3 is 0 Å². The van der Waals surface area contributed by atoms with Crippen molar-refractivity contribution in [3.63, 3.8) is 0 Å². The Morgan fingerprint density at radius 3 is 2.57 bits per heavy atom. The van der Waals surface area contributed by atoms with Gasteiger partial charge in [-0.3, -0.25) is 14.6 Å². The van der Waals surface area contributed by atoms with Crippen molar-refractivity contribution >= 4 is 40.7 Å². The summed E-state index contributed by atoms with van der Waals surface area (Å²) in [7, 11) is 1.60. The number of rotatable bonds is 9. The van der Waals surface area contributed by atoms with Crippen LogP contribution in [0.25, 0.3) is 0 Å². The van der Waals surface area contributed by atoms with Gasteiger partial charge in [-0.1, -0.05) is 6.07 Å². The van der Waals surface area contributed by atoms with Crippen molar-refractivity contribution in [1.82, 2.24) is 19.9 Å². The Labute approximate surface area is 255 Å². The van der Waals surface area contributed by atoms with Crippen LogP contribution in [0.4, 0.5) is 23.1 Å². The highest BCUT2D eigenvalue weighted by Gasteiger charge is 2.27. The molecule has 0 spiro atoms. The Hall–Kier alpha value is -4.75. The highest BCUT2D eigenvalue weighted by Crippen LogP contribution is 2.34. The molecule has 1 atom stereocenters. The van der Waals surface area contributed by atoms with Crippen LogP contribution in [-0.4, -0.2) is 96.6 Å². The summed E-state index contributed by atoms with van der Waals surface area (Å²) in [6, 6.07) is 13.1. The highest BCUT2D eigenvalue weighted by atomic mass is 16.5. The van der Waals surface area contributed by atoms with E-state index in [-0.39, 0.29) is 29.3 Å². The molecule has 230 valence electrons. The normalized spacial score (nSPS) is 18.5. The van der Waals surface area contributed by atoms with E-state index in [0.717, 1.165) is 43.7 Å². The third-order valence-electron chi connectivity index (χ3n) is 7.91. The monoisotopic (exact) mass is 600 g/mol. The second kappa shape index (κ2) is 13.3. The van der Waals surface area contributed by atoms with E-state index in [2.05, 4.69) is 25.6 Å². The van der Waals surface area contributed by atoms with Gasteiger partial charge in [-0.15, -0.1) is 0 Å². The average Bonchev–Trinajstić information content (AvgIpc) is 3.56. The SMILES string of the molecule is COc1c(Nc2nc(Nc3ccc(C(=O)N4CCOCC4)cc3)ncc2C(N)=O)cccc1C1=NN(C2CCCOC2)CC1. The Morgan fingerprint density at radius 2 is 1.84 bits per heavy atom. The largest absolute Gasteiger partial charge is 0.494 e. The van der Waals surface area contributed by atoms with Crippen molar-refractivity contribution < 1.29 is 23.8 Å². The molecule has 1 unspecified atom stereocenters. The number of carbonyl (C=O) groups excluding carboxylic acids is 2. The fourth-order valence-corrected chi connectivity index (χ4v) is 5.59. The van der Waals surface area contributed by atoms with E-state index in [0.29, 0.717) is 55.6 Å². The summed E-state index contributed by atoms with van der Waals surface area (Å²) in [4.78, 5) is 35.7. The maximum Gasteiger partial charge on any atom is 0.254 e. The molecule has 4 N–H and O–H groups in total. The maximum atomic E-state index is 12.8. The summed E-state index contributed by atoms with van der Waals surface area (Å²) in [5.41, 5.74) is 9.44. The third-order valence-corrected chi connectivity index (χ3v) is 7.91. The van der Waals surface area contributed by atoms with Crippen LogP contribution in [-0.2, 0) is 9.47 Å². The van der Waals surface area contributed by atoms with Gasteiger partial charge in [0, 0.05) is 55.7 Å². The molecule has 2 amide bonds. The molecule has 13 nitrogen and oxygen atoms in total. The van der Waals surface area contributed by atoms with Gasteiger partial charge < -0.3 is 35.5 Å². The zero-order chi connectivity index (χ0) is 30.5. The number of aromatic nitrogens is 2. The number of primary amides is 1. The number of hydrogen-bond acceptors (Lipinski definition) is 11. The molecule has 1 aromatic heterocycles. The Morgan fingerprint density at radius 1 is 1.02 bits per heavy atom. The molecule has 0 saturated carbocycles. The molecular weight excluding hydrogens is 564 g/mol. The number of carbonyl (C=O) groups is 2. The number of hydrogen-bond donors (Lipinski definition) is 3. The fourth-order valence-electron chi connectivity index (χ4n) is 5.59. The van der Waals surface area contributed by atoms with Crippen molar-refractivity contribution in [3.05, 3.63) is 65.4 Å². The number of nitrogens with two attached hydrogens (primary N) is 1. The quantitative estimate of drug-likeness (QED) is 0.333. The predicted octanol–water partition coefficient (Wildman–Crippen LogP) is 3.13. The molecular formula is C31H36N8O5. The molecule has 0 bridgehead atoms. The van der Waals surface area contributed by atoms with Crippen LogP contribution in [0.1, 0.15) is 45.5 Å². The topological polar surface area (TPSA) is 157 Å². The molecule has 13 heteroatoms. The smallest absolute Gasteiger partial charge is 0.254 e. The van der Waals surface area contributed by atoms with E-state index < -0.39 is 5.91 Å². The van der Waals surface area contributed by atoms with Gasteiger partial charge in [0.15, 0.2) is 5.75 Å². The number of nitrogens with zero attached hydrogens (tertiary/aromatic N) is 5. The van der Waals surface area contributed by atoms with Crippen molar-refractivity contribution in [3.8, 4) is 5.75 Å². The van der Waals surface area contributed by atoms with Crippen LogP contribution in [0.15, 0.2) is 53.8 Å². The van der Waals surface area contributed by atoms with Crippen molar-refractivity contribution in [2.75, 3.05) is 63.8 Å². The summed E-state index contributed by atoms with van der Waals surface area (Å²) in [6.07, 6.45) is 4.25. The van der Waals surface area contributed by atoms with Crippen molar-refractivity contribution in [2.24, 2.45) is 10.8 Å². The lowest BCUT2D eigenvalue weighted by molar-refractivity contribution is 0.0231. The van der Waals surface area contributed by atoms with Crippen LogP contribution in [0.5, 0.6) is 5.75 Å². The molecule has 3 aliphatic rings. The maximum absolute atomic E-state index is 12.8. The molecule has 3 aliphatic heterocycles. The van der Waals surface area contributed by atoms with E-state index in [9.17, 15) is 9.59 Å². The second-order valence-corrected chi connectivity index (χ2v) is 10.8. The molecule has 3 aromatic rings. The van der Waals surface area contributed by atoms with E-state index in [1.54, 1.807) is 36.3 Å². The number of anilines is 4. The van der Waals surface area contributed by atoms with E-state index in [1.165, 1.54) is 6.20 Å². The van der Waals surface area contributed by atoms with Gasteiger partial charge in [0.2, 0.25) is 5.95 Å². The summed E-state index contributed by atoms with van der Waals surface area (Å²) in [5.74, 6) is 0.330. The molecule has 2 saturated heterocycles. The zero-order valence-electron chi connectivity index (χ0n) is 24.6. The van der Waals surface area contributed by atoms with Gasteiger partial charge in [-0.05, 0) is 49.2 Å². The summed E-state index contributed by atoms with van der Waals surface area (Å²) >= 11 is 0. The number of nitrogens with one attached hydrogen (secondary N) is 2. The van der Waals surface area contributed by atoms with Crippen LogP contribution < -0.4 is 21.1 Å². The first kappa shape index (κ1) is 29.3. The van der Waals surface area contributed by atoms with Crippen molar-refractivity contribution in [1.29, 1.82) is 0 Å². The summed E-state index contributed by atoms with van der Waals surface area (Å²) in [5, 5.41) is 13.4. The molecule has 44 heavy (non-hydrogen) atoms. The first-order chi connectivity index (χ1) is 21.5. The van der Waals surface area contributed by atoms with Gasteiger partial charge in [-0.25, -0.2) is 4.98 Å². The average molecular weight is 601 g/mol. The first-order valence-electron chi connectivity index (χ1n) is 14.8. The standard InChI is InChI=1S/C31H36N8O5/c1-42-27-23(25-11-12-39(37-25)22-4-3-15-44-19-22)5-2-6-26(27)35-29-24(28(32)40)18-33-31(36-29)34-21-9-7-20(8-10-21)30(41)38-13-16-43-17-14-38/h2,5-10,18,22H,3-4,11-17,19H2,1H3,(H2,32,40)(H2,33,34,35,36).